The van der Waals surface area contributed by atoms with Gasteiger partial charge in [-0.15, -0.1) is 0 Å². The SMILES string of the molecule is COc1cccc(Cn2nc(C)c(NC(=O)c3cccc(Cn4nc(C)cc4C)c3)c2C)c1. The van der Waals surface area contributed by atoms with Gasteiger partial charge in [-0.1, -0.05) is 24.3 Å². The molecule has 170 valence electrons. The minimum Gasteiger partial charge on any atom is -0.497 e. The van der Waals surface area contributed by atoms with E-state index in [1.165, 1.54) is 0 Å². The highest BCUT2D eigenvalue weighted by Crippen LogP contribution is 2.23. The van der Waals surface area contributed by atoms with Crippen LogP contribution in [0.3, 0.4) is 0 Å². The third-order valence-electron chi connectivity index (χ3n) is 5.71. The molecule has 1 N–H and O–H groups in total. The summed E-state index contributed by atoms with van der Waals surface area (Å²) in [7, 11) is 1.66. The number of nitrogens with zero attached hydrogens (tertiary/aromatic N) is 4. The predicted molar refractivity (Wildman–Crippen MR) is 129 cm³/mol. The smallest absolute Gasteiger partial charge is 0.255 e. The van der Waals surface area contributed by atoms with Gasteiger partial charge in [-0.05, 0) is 69.2 Å². The first-order valence-electron chi connectivity index (χ1n) is 10.9. The Bertz CT molecular complexity index is 1300. The average Bonchev–Trinajstić information content (AvgIpc) is 3.25. The van der Waals surface area contributed by atoms with Crippen LogP contribution < -0.4 is 10.1 Å². The fraction of sp³-hybridized carbons (Fsp3) is 0.269. The molecular formula is C26H29N5O2. The van der Waals surface area contributed by atoms with Crippen molar-refractivity contribution in [1.82, 2.24) is 19.6 Å². The lowest BCUT2D eigenvalue weighted by atomic mass is 10.1. The number of nitrogens with one attached hydrogen (secondary N) is 1. The van der Waals surface area contributed by atoms with Gasteiger partial charge in [0.05, 0.1) is 43.0 Å². The van der Waals surface area contributed by atoms with E-state index in [1.807, 2.05) is 91.7 Å². The molecule has 0 saturated heterocycles. The zero-order chi connectivity index (χ0) is 23.5. The quantitative estimate of drug-likeness (QED) is 0.450. The van der Waals surface area contributed by atoms with Gasteiger partial charge in [-0.3, -0.25) is 14.2 Å². The van der Waals surface area contributed by atoms with Crippen molar-refractivity contribution >= 4 is 11.6 Å². The van der Waals surface area contributed by atoms with E-state index < -0.39 is 0 Å². The lowest BCUT2D eigenvalue weighted by Crippen LogP contribution is -2.14. The summed E-state index contributed by atoms with van der Waals surface area (Å²) in [6, 6.07) is 17.6. The summed E-state index contributed by atoms with van der Waals surface area (Å²) < 4.78 is 9.17. The molecule has 33 heavy (non-hydrogen) atoms. The normalized spacial score (nSPS) is 10.9. The molecule has 0 saturated carbocycles. The third kappa shape index (κ3) is 4.98. The van der Waals surface area contributed by atoms with Crippen LogP contribution in [-0.2, 0) is 13.1 Å². The maximum Gasteiger partial charge on any atom is 0.255 e. The van der Waals surface area contributed by atoms with Crippen molar-refractivity contribution in [2.75, 3.05) is 12.4 Å². The van der Waals surface area contributed by atoms with Gasteiger partial charge in [0.1, 0.15) is 5.75 Å². The van der Waals surface area contributed by atoms with E-state index in [-0.39, 0.29) is 5.91 Å². The maximum atomic E-state index is 13.1. The number of ether oxygens (including phenoxy) is 1. The van der Waals surface area contributed by atoms with Crippen LogP contribution in [0.25, 0.3) is 0 Å². The van der Waals surface area contributed by atoms with Crippen molar-refractivity contribution in [2.24, 2.45) is 0 Å². The van der Waals surface area contributed by atoms with E-state index in [1.54, 1.807) is 7.11 Å². The van der Waals surface area contributed by atoms with Gasteiger partial charge in [0.25, 0.3) is 5.91 Å². The Hall–Kier alpha value is -3.87. The number of aryl methyl sites for hydroxylation is 3. The molecule has 0 aliphatic rings. The van der Waals surface area contributed by atoms with Gasteiger partial charge in [0, 0.05) is 11.3 Å². The molecule has 0 spiro atoms. The molecule has 2 heterocycles. The number of rotatable bonds is 7. The van der Waals surface area contributed by atoms with E-state index >= 15 is 0 Å². The predicted octanol–water partition coefficient (Wildman–Crippen LogP) is 4.67. The number of hydrogen-bond acceptors (Lipinski definition) is 4. The number of methoxy groups -OCH3 is 1. The minimum absolute atomic E-state index is 0.155. The molecular weight excluding hydrogens is 414 g/mol. The second-order valence-corrected chi connectivity index (χ2v) is 8.29. The van der Waals surface area contributed by atoms with Crippen LogP contribution in [0.2, 0.25) is 0 Å². The molecule has 0 bridgehead atoms. The van der Waals surface area contributed by atoms with E-state index in [0.29, 0.717) is 18.7 Å². The van der Waals surface area contributed by atoms with Crippen LogP contribution in [0.15, 0.2) is 54.6 Å². The van der Waals surface area contributed by atoms with Gasteiger partial charge in [-0.2, -0.15) is 10.2 Å². The molecule has 0 aliphatic heterocycles. The number of amides is 1. The molecule has 2 aromatic carbocycles. The lowest BCUT2D eigenvalue weighted by molar-refractivity contribution is 0.102. The van der Waals surface area contributed by atoms with Crippen LogP contribution in [0.1, 0.15) is 44.3 Å². The topological polar surface area (TPSA) is 74.0 Å². The van der Waals surface area contributed by atoms with Crippen molar-refractivity contribution < 1.29 is 9.53 Å². The van der Waals surface area contributed by atoms with Gasteiger partial charge in [0.2, 0.25) is 0 Å². The second-order valence-electron chi connectivity index (χ2n) is 8.29. The molecule has 0 radical (unpaired) electrons. The van der Waals surface area contributed by atoms with Gasteiger partial charge in [0.15, 0.2) is 0 Å². The van der Waals surface area contributed by atoms with Crippen LogP contribution >= 0.6 is 0 Å². The van der Waals surface area contributed by atoms with Crippen molar-refractivity contribution in [1.29, 1.82) is 0 Å². The zero-order valence-corrected chi connectivity index (χ0v) is 19.7. The Morgan fingerprint density at radius 2 is 1.61 bits per heavy atom. The maximum absolute atomic E-state index is 13.1. The minimum atomic E-state index is -0.155. The fourth-order valence-electron chi connectivity index (χ4n) is 3.98. The van der Waals surface area contributed by atoms with Crippen LogP contribution in [0.5, 0.6) is 5.75 Å². The Balaban J connectivity index is 1.51. The first kappa shape index (κ1) is 22.3. The first-order valence-corrected chi connectivity index (χ1v) is 10.9. The van der Waals surface area contributed by atoms with Crippen LogP contribution in [0, 0.1) is 27.7 Å². The van der Waals surface area contributed by atoms with Crippen molar-refractivity contribution in [3.05, 3.63) is 94.1 Å². The number of anilines is 1. The Morgan fingerprint density at radius 3 is 2.30 bits per heavy atom. The van der Waals surface area contributed by atoms with Gasteiger partial charge in [-0.25, -0.2) is 0 Å². The highest BCUT2D eigenvalue weighted by molar-refractivity contribution is 6.05. The summed E-state index contributed by atoms with van der Waals surface area (Å²) in [5, 5.41) is 12.2. The molecule has 2 aromatic heterocycles. The zero-order valence-electron chi connectivity index (χ0n) is 19.7. The largest absolute Gasteiger partial charge is 0.497 e. The monoisotopic (exact) mass is 443 g/mol. The first-order chi connectivity index (χ1) is 15.8. The Labute approximate surface area is 194 Å². The highest BCUT2D eigenvalue weighted by Gasteiger charge is 2.16. The summed E-state index contributed by atoms with van der Waals surface area (Å²) in [5.74, 6) is 0.653. The summed E-state index contributed by atoms with van der Waals surface area (Å²) in [5.41, 5.74) is 7.21. The summed E-state index contributed by atoms with van der Waals surface area (Å²) in [4.78, 5) is 13.1. The fourth-order valence-corrected chi connectivity index (χ4v) is 3.98. The molecule has 1 amide bonds. The molecule has 7 heteroatoms. The number of aromatic nitrogens is 4. The summed E-state index contributed by atoms with van der Waals surface area (Å²) >= 11 is 0. The van der Waals surface area contributed by atoms with Gasteiger partial charge < -0.3 is 10.1 Å². The number of benzene rings is 2. The van der Waals surface area contributed by atoms with Crippen LogP contribution in [-0.4, -0.2) is 32.6 Å². The molecule has 4 aromatic rings. The molecule has 0 atom stereocenters. The molecule has 7 nitrogen and oxygen atoms in total. The average molecular weight is 444 g/mol. The Kier molecular flexibility index (Phi) is 6.31. The molecule has 0 fully saturated rings. The van der Waals surface area contributed by atoms with Crippen molar-refractivity contribution in [3.63, 3.8) is 0 Å². The number of carbonyl (C=O) groups excluding carboxylic acids is 1. The standard InChI is InChI=1S/C26H29N5O2/c1-17-12-18(2)30(28-17)15-21-8-6-10-23(13-21)26(32)27-25-19(3)29-31(20(25)4)16-22-9-7-11-24(14-22)33-5/h6-14H,15-16H2,1-5H3,(H,27,32). The number of carbonyl (C=O) groups is 1. The lowest BCUT2D eigenvalue weighted by Gasteiger charge is -2.10. The number of hydrogen-bond donors (Lipinski definition) is 1. The van der Waals surface area contributed by atoms with Crippen LogP contribution in [0.4, 0.5) is 5.69 Å². The molecule has 0 unspecified atom stereocenters. The van der Waals surface area contributed by atoms with Gasteiger partial charge >= 0.3 is 0 Å². The van der Waals surface area contributed by atoms with Crippen molar-refractivity contribution in [3.8, 4) is 5.75 Å². The molecule has 0 aliphatic carbocycles. The van der Waals surface area contributed by atoms with E-state index in [2.05, 4.69) is 15.5 Å². The van der Waals surface area contributed by atoms with E-state index in [9.17, 15) is 4.79 Å². The van der Waals surface area contributed by atoms with Crippen molar-refractivity contribution in [2.45, 2.75) is 40.8 Å². The third-order valence-corrected chi connectivity index (χ3v) is 5.71. The summed E-state index contributed by atoms with van der Waals surface area (Å²) in [6.45, 7) is 9.10. The molecule has 4 rings (SSSR count). The Morgan fingerprint density at radius 1 is 0.909 bits per heavy atom. The summed E-state index contributed by atoms with van der Waals surface area (Å²) in [6.07, 6.45) is 0. The highest BCUT2D eigenvalue weighted by atomic mass is 16.5. The van der Waals surface area contributed by atoms with E-state index in [0.717, 1.165) is 45.3 Å². The second kappa shape index (κ2) is 9.32. The van der Waals surface area contributed by atoms with E-state index in [4.69, 9.17) is 4.74 Å².